The molecule has 2 aromatic carbocycles. The Bertz CT molecular complexity index is 690. The maximum Gasteiger partial charge on any atom is 0.320 e. The van der Waals surface area contributed by atoms with Crippen molar-refractivity contribution in [3.8, 4) is 5.75 Å². The summed E-state index contributed by atoms with van der Waals surface area (Å²) in [4.78, 5) is 11.4. The highest BCUT2D eigenvalue weighted by atomic mass is 32.2. The summed E-state index contributed by atoms with van der Waals surface area (Å²) in [6, 6.07) is 15.3. The molecule has 0 saturated heterocycles. The molecule has 0 amide bonds. The van der Waals surface area contributed by atoms with Crippen LogP contribution in [-0.4, -0.2) is 29.1 Å². The van der Waals surface area contributed by atoms with E-state index in [9.17, 15) is 9.90 Å². The molecule has 2 rings (SSSR count). The normalized spacial score (nSPS) is 11.9. The minimum absolute atomic E-state index is 0.468. The first-order valence-electron chi connectivity index (χ1n) is 8.32. The third-order valence-corrected chi connectivity index (χ3v) is 4.71. The van der Waals surface area contributed by atoms with Crippen molar-refractivity contribution in [2.75, 3.05) is 12.0 Å². The van der Waals surface area contributed by atoms with Gasteiger partial charge in [-0.25, -0.2) is 0 Å². The molecule has 5 heteroatoms. The smallest absolute Gasteiger partial charge is 0.320 e. The molecule has 0 fully saturated rings. The van der Waals surface area contributed by atoms with Gasteiger partial charge in [0.25, 0.3) is 0 Å². The summed E-state index contributed by atoms with van der Waals surface area (Å²) in [5, 5.41) is 12.5. The Morgan fingerprint density at radius 3 is 2.52 bits per heavy atom. The molecule has 0 aliphatic rings. The van der Waals surface area contributed by atoms with Crippen molar-refractivity contribution < 1.29 is 14.6 Å². The second-order valence-electron chi connectivity index (χ2n) is 5.88. The highest BCUT2D eigenvalue weighted by Crippen LogP contribution is 2.20. The first-order chi connectivity index (χ1) is 12.1. The van der Waals surface area contributed by atoms with Gasteiger partial charge in [-0.2, -0.15) is 11.8 Å². The van der Waals surface area contributed by atoms with Gasteiger partial charge in [-0.3, -0.25) is 4.79 Å². The fourth-order valence-corrected chi connectivity index (χ4v) is 2.97. The number of hydrogen-bond acceptors (Lipinski definition) is 4. The van der Waals surface area contributed by atoms with Gasteiger partial charge in [0.05, 0.1) is 0 Å². The third-order valence-electron chi connectivity index (χ3n) is 4.06. The average molecular weight is 359 g/mol. The number of rotatable bonds is 10. The predicted molar refractivity (Wildman–Crippen MR) is 103 cm³/mol. The summed E-state index contributed by atoms with van der Waals surface area (Å²) in [6.45, 7) is 3.03. The lowest BCUT2D eigenvalue weighted by atomic mass is 10.1. The molecular formula is C20H25NO3S. The van der Waals surface area contributed by atoms with Gasteiger partial charge in [-0.15, -0.1) is 0 Å². The van der Waals surface area contributed by atoms with Crippen molar-refractivity contribution >= 4 is 17.7 Å². The highest BCUT2D eigenvalue weighted by Gasteiger charge is 2.16. The lowest BCUT2D eigenvalue weighted by molar-refractivity contribution is -0.139. The molecule has 1 atom stereocenters. The number of aliphatic carboxylic acids is 1. The van der Waals surface area contributed by atoms with E-state index in [4.69, 9.17) is 4.74 Å². The molecule has 4 nitrogen and oxygen atoms in total. The van der Waals surface area contributed by atoms with Crippen molar-refractivity contribution in [1.29, 1.82) is 0 Å². The van der Waals surface area contributed by atoms with E-state index in [0.717, 1.165) is 22.6 Å². The molecule has 2 N–H and O–H groups in total. The fourth-order valence-electron chi connectivity index (χ4n) is 2.50. The summed E-state index contributed by atoms with van der Waals surface area (Å²) < 4.78 is 5.99. The summed E-state index contributed by atoms with van der Waals surface area (Å²) in [5.41, 5.74) is 3.31. The number of para-hydroxylation sites is 1. The molecule has 0 aliphatic carbocycles. The van der Waals surface area contributed by atoms with E-state index in [1.165, 1.54) is 5.56 Å². The predicted octanol–water partition coefficient (Wildman–Crippen LogP) is 3.87. The van der Waals surface area contributed by atoms with Gasteiger partial charge in [-0.1, -0.05) is 42.5 Å². The minimum atomic E-state index is -0.813. The van der Waals surface area contributed by atoms with E-state index in [0.29, 0.717) is 19.6 Å². The molecular weight excluding hydrogens is 334 g/mol. The van der Waals surface area contributed by atoms with Crippen molar-refractivity contribution in [2.45, 2.75) is 32.5 Å². The van der Waals surface area contributed by atoms with Crippen LogP contribution in [0.3, 0.4) is 0 Å². The summed E-state index contributed by atoms with van der Waals surface area (Å²) in [5.74, 6) is 0.787. The Morgan fingerprint density at radius 1 is 1.16 bits per heavy atom. The molecule has 0 bridgehead atoms. The van der Waals surface area contributed by atoms with Crippen LogP contribution in [-0.2, 0) is 17.9 Å². The number of carbonyl (C=O) groups is 1. The van der Waals surface area contributed by atoms with Crippen molar-refractivity contribution in [1.82, 2.24) is 5.32 Å². The zero-order valence-corrected chi connectivity index (χ0v) is 15.5. The van der Waals surface area contributed by atoms with Crippen molar-refractivity contribution in [3.05, 3.63) is 65.2 Å². The SMILES string of the molecule is CSCCC(NCc1ccccc1OCc1ccccc1C)C(=O)O. The van der Waals surface area contributed by atoms with Crippen LogP contribution in [0.25, 0.3) is 0 Å². The maximum absolute atomic E-state index is 11.4. The molecule has 0 heterocycles. The number of ether oxygens (including phenoxy) is 1. The topological polar surface area (TPSA) is 58.6 Å². The van der Waals surface area contributed by atoms with Crippen LogP contribution < -0.4 is 10.1 Å². The molecule has 0 aromatic heterocycles. The largest absolute Gasteiger partial charge is 0.489 e. The van der Waals surface area contributed by atoms with E-state index in [-0.39, 0.29) is 0 Å². The summed E-state index contributed by atoms with van der Waals surface area (Å²) in [6.07, 6.45) is 2.58. The van der Waals surface area contributed by atoms with Crippen LogP contribution in [0, 0.1) is 6.92 Å². The number of aryl methyl sites for hydroxylation is 1. The molecule has 25 heavy (non-hydrogen) atoms. The van der Waals surface area contributed by atoms with Crippen LogP contribution in [0.4, 0.5) is 0 Å². The molecule has 1 unspecified atom stereocenters. The molecule has 0 saturated carbocycles. The molecule has 0 aliphatic heterocycles. The van der Waals surface area contributed by atoms with E-state index in [1.807, 2.05) is 42.7 Å². The highest BCUT2D eigenvalue weighted by molar-refractivity contribution is 7.98. The maximum atomic E-state index is 11.4. The zero-order chi connectivity index (χ0) is 18.1. The van der Waals surface area contributed by atoms with Gasteiger partial charge >= 0.3 is 5.97 Å². The number of carboxylic acids is 1. The number of nitrogens with one attached hydrogen (secondary N) is 1. The van der Waals surface area contributed by atoms with Gasteiger partial charge in [0, 0.05) is 12.1 Å². The Hall–Kier alpha value is -1.98. The zero-order valence-electron chi connectivity index (χ0n) is 14.7. The van der Waals surface area contributed by atoms with E-state index < -0.39 is 12.0 Å². The van der Waals surface area contributed by atoms with Crippen LogP contribution in [0.5, 0.6) is 5.75 Å². The summed E-state index contributed by atoms with van der Waals surface area (Å²) >= 11 is 1.65. The molecule has 2 aromatic rings. The number of carboxylic acid groups (broad SMARTS) is 1. The van der Waals surface area contributed by atoms with Gasteiger partial charge in [0.2, 0.25) is 0 Å². The monoisotopic (exact) mass is 359 g/mol. The van der Waals surface area contributed by atoms with E-state index >= 15 is 0 Å². The fraction of sp³-hybridized carbons (Fsp3) is 0.350. The first-order valence-corrected chi connectivity index (χ1v) is 9.71. The van der Waals surface area contributed by atoms with Crippen molar-refractivity contribution in [2.24, 2.45) is 0 Å². The van der Waals surface area contributed by atoms with Crippen LogP contribution in [0.2, 0.25) is 0 Å². The quantitative estimate of drug-likeness (QED) is 0.674. The second-order valence-corrected chi connectivity index (χ2v) is 6.86. The van der Waals surface area contributed by atoms with Crippen LogP contribution in [0.1, 0.15) is 23.1 Å². The van der Waals surface area contributed by atoms with Gasteiger partial charge in [0.15, 0.2) is 0 Å². The number of benzene rings is 2. The van der Waals surface area contributed by atoms with E-state index in [2.05, 4.69) is 24.4 Å². The standard InChI is InChI=1S/C20H25NO3S/c1-15-7-3-4-9-17(15)14-24-19-10-6-5-8-16(19)13-21-18(20(22)23)11-12-25-2/h3-10,18,21H,11-14H2,1-2H3,(H,22,23). The molecule has 0 spiro atoms. The Balaban J connectivity index is 2.00. The third kappa shape index (κ3) is 6.11. The van der Waals surface area contributed by atoms with Gasteiger partial charge in [0.1, 0.15) is 18.4 Å². The number of thioether (sulfide) groups is 1. The van der Waals surface area contributed by atoms with Crippen molar-refractivity contribution in [3.63, 3.8) is 0 Å². The first kappa shape index (κ1) is 19.3. The lowest BCUT2D eigenvalue weighted by Gasteiger charge is -2.16. The lowest BCUT2D eigenvalue weighted by Crippen LogP contribution is -2.36. The second kappa shape index (κ2) is 10.1. The van der Waals surface area contributed by atoms with Gasteiger partial charge in [-0.05, 0) is 42.5 Å². The minimum Gasteiger partial charge on any atom is -0.489 e. The molecule has 0 radical (unpaired) electrons. The van der Waals surface area contributed by atoms with Crippen LogP contribution in [0.15, 0.2) is 48.5 Å². The van der Waals surface area contributed by atoms with Gasteiger partial charge < -0.3 is 15.2 Å². The Kier molecular flexibility index (Phi) is 7.82. The average Bonchev–Trinajstić information content (AvgIpc) is 2.61. The van der Waals surface area contributed by atoms with E-state index in [1.54, 1.807) is 11.8 Å². The molecule has 134 valence electrons. The van der Waals surface area contributed by atoms with Crippen LogP contribution >= 0.6 is 11.8 Å². The summed E-state index contributed by atoms with van der Waals surface area (Å²) in [7, 11) is 0. The Labute approximate surface area is 153 Å². The number of hydrogen-bond donors (Lipinski definition) is 2. The Morgan fingerprint density at radius 2 is 1.84 bits per heavy atom.